The fourth-order valence-electron chi connectivity index (χ4n) is 1.67. The van der Waals surface area contributed by atoms with Crippen LogP contribution in [-0.2, 0) is 10.2 Å². The lowest BCUT2D eigenvalue weighted by Gasteiger charge is -2.03. The quantitative estimate of drug-likeness (QED) is 0.773. The van der Waals surface area contributed by atoms with Gasteiger partial charge in [-0.1, -0.05) is 13.8 Å². The second-order valence-electron chi connectivity index (χ2n) is 4.57. The molecule has 1 aromatic heterocycles. The van der Waals surface area contributed by atoms with E-state index in [1.54, 1.807) is 0 Å². The van der Waals surface area contributed by atoms with Gasteiger partial charge in [-0.2, -0.15) is 5.26 Å². The van der Waals surface area contributed by atoms with Gasteiger partial charge in [0.05, 0.1) is 23.9 Å². The van der Waals surface area contributed by atoms with Crippen LogP contribution in [0.15, 0.2) is 0 Å². The number of methoxy groups -OCH3 is 1. The van der Waals surface area contributed by atoms with Crippen LogP contribution in [0.25, 0.3) is 0 Å². The highest BCUT2D eigenvalue weighted by atomic mass is 32.1. The van der Waals surface area contributed by atoms with Gasteiger partial charge in [-0.3, -0.25) is 0 Å². The van der Waals surface area contributed by atoms with E-state index in [2.05, 4.69) is 11.1 Å². The highest BCUT2D eigenvalue weighted by molar-refractivity contribution is 7.13. The van der Waals surface area contributed by atoms with Crippen molar-refractivity contribution in [1.29, 1.82) is 5.26 Å². The molecule has 1 saturated carbocycles. The van der Waals surface area contributed by atoms with E-state index in [4.69, 9.17) is 4.74 Å². The summed E-state index contributed by atoms with van der Waals surface area (Å²) < 4.78 is 4.76. The van der Waals surface area contributed by atoms with Crippen LogP contribution < -0.4 is 0 Å². The molecule has 0 amide bonds. The fourth-order valence-corrected chi connectivity index (χ4v) is 2.75. The molecule has 0 radical (unpaired) electrons. The number of aromatic nitrogens is 1. The molecule has 1 aliphatic carbocycles. The summed E-state index contributed by atoms with van der Waals surface area (Å²) in [5, 5.41) is 10.1. The molecule has 90 valence electrons. The number of nitrogens with zero attached hydrogens (tertiary/aromatic N) is 2. The molecule has 0 aliphatic heterocycles. The molecular weight excluding hydrogens is 236 g/mol. The van der Waals surface area contributed by atoms with E-state index in [1.165, 1.54) is 18.4 Å². The van der Waals surface area contributed by atoms with Gasteiger partial charge in [0.25, 0.3) is 0 Å². The second kappa shape index (κ2) is 4.11. The second-order valence-corrected chi connectivity index (χ2v) is 5.60. The molecule has 5 heteroatoms. The summed E-state index contributed by atoms with van der Waals surface area (Å²) in [4.78, 5) is 16.7. The zero-order valence-electron chi connectivity index (χ0n) is 10.1. The van der Waals surface area contributed by atoms with Crippen molar-refractivity contribution in [2.75, 3.05) is 7.11 Å². The number of carbonyl (C=O) groups excluding carboxylic acids is 1. The van der Waals surface area contributed by atoms with E-state index in [-0.39, 0.29) is 11.9 Å². The molecule has 0 aromatic carbocycles. The van der Waals surface area contributed by atoms with Crippen molar-refractivity contribution in [3.05, 3.63) is 15.6 Å². The third-order valence-electron chi connectivity index (χ3n) is 2.93. The molecule has 4 nitrogen and oxygen atoms in total. The monoisotopic (exact) mass is 250 g/mol. The number of carbonyl (C=O) groups is 1. The Morgan fingerprint density at radius 3 is 2.65 bits per heavy atom. The van der Waals surface area contributed by atoms with Gasteiger partial charge in [-0.25, -0.2) is 9.78 Å². The molecule has 0 bridgehead atoms. The van der Waals surface area contributed by atoms with E-state index in [1.807, 2.05) is 13.8 Å². The van der Waals surface area contributed by atoms with E-state index in [0.717, 1.165) is 17.8 Å². The summed E-state index contributed by atoms with van der Waals surface area (Å²) in [6, 6.07) is 2.28. The highest BCUT2D eigenvalue weighted by Crippen LogP contribution is 2.49. The maximum absolute atomic E-state index is 11.7. The molecule has 0 N–H and O–H groups in total. The average Bonchev–Trinajstić information content (AvgIpc) is 2.99. The van der Waals surface area contributed by atoms with Crippen molar-refractivity contribution in [3.63, 3.8) is 0 Å². The number of rotatable bonds is 3. The van der Waals surface area contributed by atoms with E-state index >= 15 is 0 Å². The molecule has 0 unspecified atom stereocenters. The van der Waals surface area contributed by atoms with Crippen LogP contribution in [0.3, 0.4) is 0 Å². The first-order valence-corrected chi connectivity index (χ1v) is 6.36. The Morgan fingerprint density at radius 1 is 1.59 bits per heavy atom. The molecule has 0 saturated heterocycles. The SMILES string of the molecule is COC(=O)c1sc(C(C)C)nc1C1(C#N)CC1. The minimum absolute atomic E-state index is 0.256. The van der Waals surface area contributed by atoms with E-state index in [0.29, 0.717) is 10.6 Å². The lowest BCUT2D eigenvalue weighted by Crippen LogP contribution is -2.11. The first kappa shape index (κ1) is 12.1. The van der Waals surface area contributed by atoms with Crippen molar-refractivity contribution in [2.24, 2.45) is 0 Å². The number of hydrogen-bond donors (Lipinski definition) is 0. The molecule has 2 rings (SSSR count). The smallest absolute Gasteiger partial charge is 0.350 e. The molecular formula is C12H14N2O2S. The first-order chi connectivity index (χ1) is 8.04. The van der Waals surface area contributed by atoms with Gasteiger partial charge in [0.15, 0.2) is 0 Å². The molecule has 1 fully saturated rings. The number of thiazole rings is 1. The summed E-state index contributed by atoms with van der Waals surface area (Å²) >= 11 is 1.35. The van der Waals surface area contributed by atoms with Crippen LogP contribution in [0, 0.1) is 11.3 Å². The van der Waals surface area contributed by atoms with Gasteiger partial charge < -0.3 is 4.74 Å². The maximum Gasteiger partial charge on any atom is 0.350 e. The Kier molecular flexibility index (Phi) is 2.92. The zero-order valence-corrected chi connectivity index (χ0v) is 10.9. The van der Waals surface area contributed by atoms with Crippen molar-refractivity contribution < 1.29 is 9.53 Å². The van der Waals surface area contributed by atoms with Crippen molar-refractivity contribution in [3.8, 4) is 6.07 Å². The Balaban J connectivity index is 2.50. The average molecular weight is 250 g/mol. The topological polar surface area (TPSA) is 63.0 Å². The number of esters is 1. The summed E-state index contributed by atoms with van der Waals surface area (Å²) in [5.41, 5.74) is 0.0909. The zero-order chi connectivity index (χ0) is 12.6. The van der Waals surface area contributed by atoms with Gasteiger partial charge in [0.2, 0.25) is 0 Å². The van der Waals surface area contributed by atoms with Crippen LogP contribution in [-0.4, -0.2) is 18.1 Å². The first-order valence-electron chi connectivity index (χ1n) is 5.55. The van der Waals surface area contributed by atoms with E-state index in [9.17, 15) is 10.1 Å². The number of ether oxygens (including phenoxy) is 1. The van der Waals surface area contributed by atoms with Crippen molar-refractivity contribution >= 4 is 17.3 Å². The summed E-state index contributed by atoms with van der Waals surface area (Å²) in [7, 11) is 1.35. The largest absolute Gasteiger partial charge is 0.465 e. The third kappa shape index (κ3) is 1.93. The molecule has 1 aliphatic rings. The van der Waals surface area contributed by atoms with Crippen LogP contribution in [0.1, 0.15) is 53.0 Å². The Labute approximate surface area is 104 Å². The normalized spacial score (nSPS) is 16.6. The summed E-state index contributed by atoms with van der Waals surface area (Å²) in [5.74, 6) is -0.127. The molecule has 1 heterocycles. The molecule has 0 spiro atoms. The number of hydrogen-bond acceptors (Lipinski definition) is 5. The molecule has 0 atom stereocenters. The molecule has 17 heavy (non-hydrogen) atoms. The van der Waals surface area contributed by atoms with Gasteiger partial charge in [-0.05, 0) is 12.8 Å². The Bertz CT molecular complexity index is 495. The Hall–Kier alpha value is -1.41. The van der Waals surface area contributed by atoms with Crippen LogP contribution in [0.2, 0.25) is 0 Å². The predicted molar refractivity (Wildman–Crippen MR) is 64.1 cm³/mol. The van der Waals surface area contributed by atoms with Crippen LogP contribution in [0.4, 0.5) is 0 Å². The molecule has 1 aromatic rings. The maximum atomic E-state index is 11.7. The van der Waals surface area contributed by atoms with E-state index < -0.39 is 5.41 Å². The predicted octanol–water partition coefficient (Wildman–Crippen LogP) is 2.61. The minimum Gasteiger partial charge on any atom is -0.465 e. The van der Waals surface area contributed by atoms with Gasteiger partial charge in [0.1, 0.15) is 10.3 Å². The number of nitriles is 1. The third-order valence-corrected chi connectivity index (χ3v) is 4.26. The van der Waals surface area contributed by atoms with Crippen molar-refractivity contribution in [1.82, 2.24) is 4.98 Å². The lowest BCUT2D eigenvalue weighted by atomic mass is 10.0. The fraction of sp³-hybridized carbons (Fsp3) is 0.583. The van der Waals surface area contributed by atoms with Gasteiger partial charge >= 0.3 is 5.97 Å². The van der Waals surface area contributed by atoms with Crippen LogP contribution in [0.5, 0.6) is 0 Å². The minimum atomic E-state index is -0.535. The van der Waals surface area contributed by atoms with Gasteiger partial charge in [0, 0.05) is 5.92 Å². The highest BCUT2D eigenvalue weighted by Gasteiger charge is 2.50. The van der Waals surface area contributed by atoms with Crippen LogP contribution >= 0.6 is 11.3 Å². The standard InChI is InChI=1S/C12H14N2O2S/c1-7(2)10-14-9(12(6-13)4-5-12)8(17-10)11(15)16-3/h7H,4-5H2,1-3H3. The lowest BCUT2D eigenvalue weighted by molar-refractivity contribution is 0.0604. The summed E-state index contributed by atoms with van der Waals surface area (Å²) in [6.07, 6.45) is 1.57. The van der Waals surface area contributed by atoms with Gasteiger partial charge in [-0.15, -0.1) is 11.3 Å². The summed E-state index contributed by atoms with van der Waals surface area (Å²) in [6.45, 7) is 4.05. The Morgan fingerprint density at radius 2 is 2.24 bits per heavy atom. The van der Waals surface area contributed by atoms with Crippen molar-refractivity contribution in [2.45, 2.75) is 38.0 Å².